The average Bonchev–Trinajstić information content (AvgIpc) is 2.70. The minimum Gasteiger partial charge on any atom is -0.321 e. The zero-order valence-corrected chi connectivity index (χ0v) is 16.1. The number of amides is 2. The van der Waals surface area contributed by atoms with Crippen molar-refractivity contribution in [3.05, 3.63) is 95.1 Å². The third-order valence-corrected chi connectivity index (χ3v) is 4.22. The molecule has 29 heavy (non-hydrogen) atoms. The molecule has 0 saturated heterocycles. The summed E-state index contributed by atoms with van der Waals surface area (Å²) in [6.07, 6.45) is 4.56. The number of nitrogens with zero attached hydrogens (tertiary/aromatic N) is 1. The largest absolute Gasteiger partial charge is 0.321 e. The highest BCUT2D eigenvalue weighted by Crippen LogP contribution is 2.23. The molecule has 0 bridgehead atoms. The lowest BCUT2D eigenvalue weighted by Gasteiger charge is -2.11. The molecule has 0 fully saturated rings. The molecule has 2 amide bonds. The Hall–Kier alpha value is -3.80. The molecule has 1 aromatic heterocycles. The maximum Gasteiger partial charge on any atom is 0.274 e. The highest BCUT2D eigenvalue weighted by Gasteiger charge is 2.12. The number of rotatable bonds is 5. The van der Waals surface area contributed by atoms with E-state index in [1.54, 1.807) is 24.3 Å². The van der Waals surface area contributed by atoms with Crippen molar-refractivity contribution in [2.45, 2.75) is 13.8 Å². The summed E-state index contributed by atoms with van der Waals surface area (Å²) in [6.45, 7) is 3.96. The SMILES string of the molecule is Cc1ccc(/C=C/C(=O)Nc2cc(F)ccc2NC(=O)c2ccccn2)c(C)c1. The minimum absolute atomic E-state index is 0.157. The van der Waals surface area contributed by atoms with Crippen LogP contribution in [0.3, 0.4) is 0 Å². The van der Waals surface area contributed by atoms with Gasteiger partial charge in [-0.15, -0.1) is 0 Å². The Bertz CT molecular complexity index is 1080. The highest BCUT2D eigenvalue weighted by molar-refractivity contribution is 6.08. The van der Waals surface area contributed by atoms with E-state index in [1.807, 2.05) is 32.0 Å². The number of aryl methyl sites for hydroxylation is 2. The van der Waals surface area contributed by atoms with E-state index in [9.17, 15) is 14.0 Å². The standard InChI is InChI=1S/C23H20FN3O2/c1-15-6-7-17(16(2)13-15)8-11-22(28)26-21-14-18(24)9-10-19(21)27-23(29)20-5-3-4-12-25-20/h3-14H,1-2H3,(H,26,28)(H,27,29)/b11-8+. The van der Waals surface area contributed by atoms with Gasteiger partial charge in [0.25, 0.3) is 5.91 Å². The quantitative estimate of drug-likeness (QED) is 0.619. The maximum absolute atomic E-state index is 13.7. The molecule has 146 valence electrons. The number of aromatic nitrogens is 1. The smallest absolute Gasteiger partial charge is 0.274 e. The first-order valence-electron chi connectivity index (χ1n) is 9.00. The van der Waals surface area contributed by atoms with Crippen LogP contribution in [0.2, 0.25) is 0 Å². The van der Waals surface area contributed by atoms with Gasteiger partial charge in [-0.3, -0.25) is 14.6 Å². The van der Waals surface area contributed by atoms with E-state index in [-0.39, 0.29) is 17.1 Å². The van der Waals surface area contributed by atoms with Gasteiger partial charge in [0, 0.05) is 12.3 Å². The summed E-state index contributed by atoms with van der Waals surface area (Å²) in [5.41, 5.74) is 3.73. The number of hydrogen-bond donors (Lipinski definition) is 2. The van der Waals surface area contributed by atoms with Crippen LogP contribution in [0.15, 0.2) is 66.9 Å². The second-order valence-corrected chi connectivity index (χ2v) is 6.54. The van der Waals surface area contributed by atoms with Gasteiger partial charge in [-0.1, -0.05) is 29.8 Å². The van der Waals surface area contributed by atoms with Gasteiger partial charge in [0.05, 0.1) is 11.4 Å². The topological polar surface area (TPSA) is 71.1 Å². The van der Waals surface area contributed by atoms with Crippen molar-refractivity contribution in [1.29, 1.82) is 0 Å². The normalized spacial score (nSPS) is 10.7. The summed E-state index contributed by atoms with van der Waals surface area (Å²) in [7, 11) is 0. The van der Waals surface area contributed by atoms with Gasteiger partial charge in [-0.2, -0.15) is 0 Å². The Morgan fingerprint density at radius 2 is 1.79 bits per heavy atom. The summed E-state index contributed by atoms with van der Waals surface area (Å²) >= 11 is 0. The van der Waals surface area contributed by atoms with Crippen LogP contribution in [0.1, 0.15) is 27.2 Å². The van der Waals surface area contributed by atoms with E-state index in [1.165, 1.54) is 24.4 Å². The number of benzene rings is 2. The minimum atomic E-state index is -0.533. The van der Waals surface area contributed by atoms with Gasteiger partial charge >= 0.3 is 0 Å². The van der Waals surface area contributed by atoms with Crippen molar-refractivity contribution in [2.24, 2.45) is 0 Å². The number of carbonyl (C=O) groups is 2. The molecule has 3 aromatic rings. The van der Waals surface area contributed by atoms with Crippen LogP contribution in [-0.4, -0.2) is 16.8 Å². The fraction of sp³-hybridized carbons (Fsp3) is 0.0870. The van der Waals surface area contributed by atoms with Gasteiger partial charge in [0.15, 0.2) is 0 Å². The van der Waals surface area contributed by atoms with E-state index in [2.05, 4.69) is 15.6 Å². The Morgan fingerprint density at radius 3 is 2.52 bits per heavy atom. The number of nitrogens with one attached hydrogen (secondary N) is 2. The third-order valence-electron chi connectivity index (χ3n) is 4.22. The van der Waals surface area contributed by atoms with Crippen LogP contribution in [-0.2, 0) is 4.79 Å². The molecule has 1 heterocycles. The predicted octanol–water partition coefficient (Wildman–Crippen LogP) is 4.74. The molecule has 3 rings (SSSR count). The predicted molar refractivity (Wildman–Crippen MR) is 112 cm³/mol. The van der Waals surface area contributed by atoms with Crippen LogP contribution in [0.4, 0.5) is 15.8 Å². The molecular formula is C23H20FN3O2. The Kier molecular flexibility index (Phi) is 6.14. The Labute approximate surface area is 168 Å². The summed E-state index contributed by atoms with van der Waals surface area (Å²) in [6, 6.07) is 14.6. The first-order chi connectivity index (χ1) is 13.9. The molecule has 0 aliphatic rings. The lowest BCUT2D eigenvalue weighted by molar-refractivity contribution is -0.111. The van der Waals surface area contributed by atoms with Crippen molar-refractivity contribution < 1.29 is 14.0 Å². The molecule has 0 atom stereocenters. The van der Waals surface area contributed by atoms with Crippen LogP contribution < -0.4 is 10.6 Å². The monoisotopic (exact) mass is 389 g/mol. The number of hydrogen-bond acceptors (Lipinski definition) is 3. The molecule has 6 heteroatoms. The summed E-state index contributed by atoms with van der Waals surface area (Å²) in [5, 5.41) is 5.25. The van der Waals surface area contributed by atoms with E-state index in [0.29, 0.717) is 0 Å². The highest BCUT2D eigenvalue weighted by atomic mass is 19.1. The maximum atomic E-state index is 13.7. The number of carbonyl (C=O) groups excluding carboxylic acids is 2. The zero-order chi connectivity index (χ0) is 20.8. The van der Waals surface area contributed by atoms with Crippen LogP contribution in [0, 0.1) is 19.7 Å². The number of anilines is 2. The van der Waals surface area contributed by atoms with Crippen molar-refractivity contribution in [2.75, 3.05) is 10.6 Å². The molecule has 2 N–H and O–H groups in total. The van der Waals surface area contributed by atoms with Crippen LogP contribution >= 0.6 is 0 Å². The van der Waals surface area contributed by atoms with E-state index < -0.39 is 17.6 Å². The molecule has 0 spiro atoms. The first-order valence-corrected chi connectivity index (χ1v) is 9.00. The molecule has 2 aromatic carbocycles. The van der Waals surface area contributed by atoms with E-state index in [0.717, 1.165) is 22.8 Å². The second kappa shape index (κ2) is 8.93. The summed E-state index contributed by atoms with van der Waals surface area (Å²) in [4.78, 5) is 28.6. The zero-order valence-electron chi connectivity index (χ0n) is 16.1. The molecule has 0 aliphatic carbocycles. The first kappa shape index (κ1) is 19.9. The molecule has 0 radical (unpaired) electrons. The fourth-order valence-corrected chi connectivity index (χ4v) is 2.76. The van der Waals surface area contributed by atoms with Gasteiger partial charge in [0.2, 0.25) is 5.91 Å². The molecule has 0 unspecified atom stereocenters. The van der Waals surface area contributed by atoms with Crippen molar-refractivity contribution in [3.63, 3.8) is 0 Å². The van der Waals surface area contributed by atoms with Crippen molar-refractivity contribution in [1.82, 2.24) is 4.98 Å². The lowest BCUT2D eigenvalue weighted by Crippen LogP contribution is -2.16. The average molecular weight is 389 g/mol. The molecule has 0 saturated carbocycles. The van der Waals surface area contributed by atoms with Crippen molar-refractivity contribution >= 4 is 29.3 Å². The fourth-order valence-electron chi connectivity index (χ4n) is 2.76. The van der Waals surface area contributed by atoms with Gasteiger partial charge in [-0.05, 0) is 61.4 Å². The van der Waals surface area contributed by atoms with Crippen molar-refractivity contribution in [3.8, 4) is 0 Å². The van der Waals surface area contributed by atoms with E-state index in [4.69, 9.17) is 0 Å². The lowest BCUT2D eigenvalue weighted by atomic mass is 10.1. The second-order valence-electron chi connectivity index (χ2n) is 6.54. The molecule has 5 nitrogen and oxygen atoms in total. The van der Waals surface area contributed by atoms with E-state index >= 15 is 0 Å². The number of pyridine rings is 1. The Morgan fingerprint density at radius 1 is 0.966 bits per heavy atom. The Balaban J connectivity index is 1.76. The summed E-state index contributed by atoms with van der Waals surface area (Å²) in [5.74, 6) is -1.43. The number of halogens is 1. The van der Waals surface area contributed by atoms with Crippen LogP contribution in [0.5, 0.6) is 0 Å². The van der Waals surface area contributed by atoms with Crippen LogP contribution in [0.25, 0.3) is 6.08 Å². The molecular weight excluding hydrogens is 369 g/mol. The molecule has 0 aliphatic heterocycles. The summed E-state index contributed by atoms with van der Waals surface area (Å²) < 4.78 is 13.7. The third kappa shape index (κ3) is 5.35. The van der Waals surface area contributed by atoms with Gasteiger partial charge < -0.3 is 10.6 Å². The van der Waals surface area contributed by atoms with Gasteiger partial charge in [-0.25, -0.2) is 4.39 Å². The van der Waals surface area contributed by atoms with Gasteiger partial charge in [0.1, 0.15) is 11.5 Å².